The highest BCUT2D eigenvalue weighted by atomic mass is 32.2. The van der Waals surface area contributed by atoms with E-state index in [1.165, 1.54) is 6.26 Å². The number of rotatable bonds is 8. The fraction of sp³-hybridized carbons (Fsp3) is 0.625. The van der Waals surface area contributed by atoms with Gasteiger partial charge in [0.2, 0.25) is 5.88 Å². The predicted octanol–water partition coefficient (Wildman–Crippen LogP) is 1.36. The van der Waals surface area contributed by atoms with E-state index in [-0.39, 0.29) is 17.9 Å². The van der Waals surface area contributed by atoms with Gasteiger partial charge in [-0.2, -0.15) is 0 Å². The summed E-state index contributed by atoms with van der Waals surface area (Å²) < 4.78 is 27.9. The van der Waals surface area contributed by atoms with Crippen molar-refractivity contribution in [1.29, 1.82) is 0 Å². The Balaban J connectivity index is 2.46. The summed E-state index contributed by atoms with van der Waals surface area (Å²) in [6.45, 7) is 6.40. The smallest absolute Gasteiger partial charge is 0.213 e. The third-order valence-electron chi connectivity index (χ3n) is 3.14. The molecule has 0 aliphatic carbocycles. The summed E-state index contributed by atoms with van der Waals surface area (Å²) in [4.78, 5) is 8.40. The number of aromatic nitrogens is 1. The molecule has 0 saturated carbocycles. The molecule has 0 amide bonds. The SMILES string of the molecule is CN=C(NCc1ccc(OC(C)C)nc1)NC(C)CCS(C)(=O)=O. The van der Waals surface area contributed by atoms with Crippen molar-refractivity contribution in [3.63, 3.8) is 0 Å². The lowest BCUT2D eigenvalue weighted by Crippen LogP contribution is -2.42. The van der Waals surface area contributed by atoms with E-state index in [2.05, 4.69) is 20.6 Å². The van der Waals surface area contributed by atoms with Gasteiger partial charge in [0, 0.05) is 38.2 Å². The lowest BCUT2D eigenvalue weighted by molar-refractivity contribution is 0.232. The molecule has 0 spiro atoms. The van der Waals surface area contributed by atoms with Gasteiger partial charge in [0.25, 0.3) is 0 Å². The number of sulfone groups is 1. The molecule has 1 aromatic rings. The summed E-state index contributed by atoms with van der Waals surface area (Å²) in [7, 11) is -1.27. The van der Waals surface area contributed by atoms with Gasteiger partial charge < -0.3 is 15.4 Å². The van der Waals surface area contributed by atoms with Crippen LogP contribution in [-0.2, 0) is 16.4 Å². The van der Waals surface area contributed by atoms with Gasteiger partial charge in [-0.25, -0.2) is 13.4 Å². The van der Waals surface area contributed by atoms with Gasteiger partial charge in [-0.1, -0.05) is 6.07 Å². The Morgan fingerprint density at radius 3 is 2.54 bits per heavy atom. The Bertz CT molecular complexity index is 627. The zero-order valence-electron chi connectivity index (χ0n) is 15.0. The van der Waals surface area contributed by atoms with Crippen molar-refractivity contribution in [3.8, 4) is 5.88 Å². The first-order chi connectivity index (χ1) is 11.2. The normalized spacial score (nSPS) is 13.7. The third kappa shape index (κ3) is 8.71. The highest BCUT2D eigenvalue weighted by Gasteiger charge is 2.09. The first-order valence-corrected chi connectivity index (χ1v) is 10.0. The Morgan fingerprint density at radius 1 is 1.33 bits per heavy atom. The average molecular weight is 356 g/mol. The maximum absolute atomic E-state index is 11.2. The van der Waals surface area contributed by atoms with Crippen LogP contribution in [0.4, 0.5) is 0 Å². The zero-order chi connectivity index (χ0) is 18.2. The molecule has 24 heavy (non-hydrogen) atoms. The second-order valence-corrected chi connectivity index (χ2v) is 8.32. The van der Waals surface area contributed by atoms with Gasteiger partial charge in [0.05, 0.1) is 11.9 Å². The lowest BCUT2D eigenvalue weighted by atomic mass is 10.2. The van der Waals surface area contributed by atoms with Crippen LogP contribution in [0.15, 0.2) is 23.3 Å². The van der Waals surface area contributed by atoms with Crippen molar-refractivity contribution < 1.29 is 13.2 Å². The van der Waals surface area contributed by atoms with Gasteiger partial charge in [-0.3, -0.25) is 4.99 Å². The molecule has 0 aliphatic rings. The van der Waals surface area contributed by atoms with Crippen LogP contribution < -0.4 is 15.4 Å². The molecule has 8 heteroatoms. The minimum absolute atomic E-state index is 0.00543. The molecular weight excluding hydrogens is 328 g/mol. The number of aliphatic imine (C=N–C) groups is 1. The van der Waals surface area contributed by atoms with Crippen molar-refractivity contribution in [2.24, 2.45) is 4.99 Å². The number of hydrogen-bond acceptors (Lipinski definition) is 5. The summed E-state index contributed by atoms with van der Waals surface area (Å²) in [5.74, 6) is 1.38. The molecule has 0 aliphatic heterocycles. The highest BCUT2D eigenvalue weighted by Crippen LogP contribution is 2.09. The first kappa shape index (κ1) is 20.2. The van der Waals surface area contributed by atoms with Crippen LogP contribution in [0.5, 0.6) is 5.88 Å². The minimum atomic E-state index is -2.95. The van der Waals surface area contributed by atoms with Crippen LogP contribution in [0.1, 0.15) is 32.8 Å². The van der Waals surface area contributed by atoms with Crippen LogP contribution in [0, 0.1) is 0 Å². The maximum atomic E-state index is 11.2. The van der Waals surface area contributed by atoms with Crippen molar-refractivity contribution in [3.05, 3.63) is 23.9 Å². The molecule has 1 heterocycles. The molecule has 0 saturated heterocycles. The third-order valence-corrected chi connectivity index (χ3v) is 4.12. The lowest BCUT2D eigenvalue weighted by Gasteiger charge is -2.17. The van der Waals surface area contributed by atoms with Gasteiger partial charge in [0.1, 0.15) is 9.84 Å². The van der Waals surface area contributed by atoms with Crippen LogP contribution in [-0.4, -0.2) is 50.6 Å². The van der Waals surface area contributed by atoms with E-state index >= 15 is 0 Å². The van der Waals surface area contributed by atoms with Crippen LogP contribution in [0.3, 0.4) is 0 Å². The number of hydrogen-bond donors (Lipinski definition) is 2. The molecular formula is C16H28N4O3S. The fourth-order valence-corrected chi connectivity index (χ4v) is 2.69. The zero-order valence-corrected chi connectivity index (χ0v) is 15.9. The molecule has 1 aromatic heterocycles. The summed E-state index contributed by atoms with van der Waals surface area (Å²) in [5.41, 5.74) is 0.998. The second kappa shape index (κ2) is 9.46. The standard InChI is InChI=1S/C16H28N4O3S/c1-12(2)23-15-7-6-14(10-18-15)11-19-16(17-4)20-13(3)8-9-24(5,21)22/h6-7,10,12-13H,8-9,11H2,1-5H3,(H2,17,19,20). The molecule has 1 unspecified atom stereocenters. The first-order valence-electron chi connectivity index (χ1n) is 7.96. The Hall–Kier alpha value is -1.83. The Morgan fingerprint density at radius 2 is 2.04 bits per heavy atom. The van der Waals surface area contributed by atoms with Gasteiger partial charge in [0.15, 0.2) is 5.96 Å². The number of guanidine groups is 1. The largest absolute Gasteiger partial charge is 0.475 e. The number of pyridine rings is 1. The summed E-state index contributed by atoms with van der Waals surface area (Å²) in [6, 6.07) is 3.78. The summed E-state index contributed by atoms with van der Waals surface area (Å²) >= 11 is 0. The quantitative estimate of drug-likeness (QED) is 0.540. The van der Waals surface area contributed by atoms with Crippen molar-refractivity contribution in [2.75, 3.05) is 19.1 Å². The minimum Gasteiger partial charge on any atom is -0.475 e. The Kier molecular flexibility index (Phi) is 7.97. The maximum Gasteiger partial charge on any atom is 0.213 e. The fourth-order valence-electron chi connectivity index (χ4n) is 1.90. The average Bonchev–Trinajstić information content (AvgIpc) is 2.49. The number of nitrogens with one attached hydrogen (secondary N) is 2. The molecule has 0 radical (unpaired) electrons. The van der Waals surface area contributed by atoms with E-state index in [0.717, 1.165) is 5.56 Å². The van der Waals surface area contributed by atoms with Gasteiger partial charge >= 0.3 is 0 Å². The molecule has 0 bridgehead atoms. The second-order valence-electron chi connectivity index (χ2n) is 6.06. The van der Waals surface area contributed by atoms with Crippen molar-refractivity contribution >= 4 is 15.8 Å². The Labute approximate surface area is 144 Å². The molecule has 0 aromatic carbocycles. The topological polar surface area (TPSA) is 92.7 Å². The number of nitrogens with zero attached hydrogens (tertiary/aromatic N) is 2. The van der Waals surface area contributed by atoms with E-state index in [4.69, 9.17) is 4.74 Å². The van der Waals surface area contributed by atoms with Crippen LogP contribution in [0.25, 0.3) is 0 Å². The predicted molar refractivity (Wildman–Crippen MR) is 97.1 cm³/mol. The number of ether oxygens (including phenoxy) is 1. The van der Waals surface area contributed by atoms with Gasteiger partial charge in [-0.05, 0) is 32.8 Å². The van der Waals surface area contributed by atoms with E-state index in [1.54, 1.807) is 13.2 Å². The van der Waals surface area contributed by atoms with Crippen LogP contribution >= 0.6 is 0 Å². The van der Waals surface area contributed by atoms with E-state index in [9.17, 15) is 8.42 Å². The van der Waals surface area contributed by atoms with Crippen molar-refractivity contribution in [2.45, 2.75) is 45.9 Å². The molecule has 1 atom stereocenters. The molecule has 136 valence electrons. The molecule has 7 nitrogen and oxygen atoms in total. The molecule has 0 fully saturated rings. The highest BCUT2D eigenvalue weighted by molar-refractivity contribution is 7.90. The molecule has 1 rings (SSSR count). The summed E-state index contributed by atoms with van der Waals surface area (Å²) in [6.07, 6.45) is 3.62. The van der Waals surface area contributed by atoms with Crippen LogP contribution in [0.2, 0.25) is 0 Å². The molecule has 2 N–H and O–H groups in total. The monoisotopic (exact) mass is 356 g/mol. The van der Waals surface area contributed by atoms with E-state index in [0.29, 0.717) is 24.8 Å². The van der Waals surface area contributed by atoms with Gasteiger partial charge in [-0.15, -0.1) is 0 Å². The van der Waals surface area contributed by atoms with E-state index in [1.807, 2.05) is 32.9 Å². The van der Waals surface area contributed by atoms with Crippen molar-refractivity contribution in [1.82, 2.24) is 15.6 Å². The van der Waals surface area contributed by atoms with E-state index < -0.39 is 9.84 Å². The summed E-state index contributed by atoms with van der Waals surface area (Å²) in [5, 5.41) is 6.36.